The summed E-state index contributed by atoms with van der Waals surface area (Å²) in [7, 11) is 0. The number of hydrogen-bond donors (Lipinski definition) is 1. The zero-order valence-corrected chi connectivity index (χ0v) is 13.5. The van der Waals surface area contributed by atoms with Crippen LogP contribution in [-0.4, -0.2) is 12.5 Å². The molecule has 1 saturated carbocycles. The Bertz CT molecular complexity index is 490. The van der Waals surface area contributed by atoms with Crippen LogP contribution in [0.2, 0.25) is 0 Å². The van der Waals surface area contributed by atoms with Crippen molar-refractivity contribution in [2.45, 2.75) is 59.3 Å². The van der Waals surface area contributed by atoms with E-state index in [9.17, 15) is 4.79 Å². The van der Waals surface area contributed by atoms with Crippen LogP contribution < -0.4 is 10.1 Å². The lowest BCUT2D eigenvalue weighted by Crippen LogP contribution is -2.30. The Labute approximate surface area is 128 Å². The molecular formula is C18H27NO2. The normalized spacial score (nSPS) is 16.7. The van der Waals surface area contributed by atoms with Crippen LogP contribution in [0, 0.1) is 12.3 Å². The lowest BCUT2D eigenvalue weighted by molar-refractivity contribution is -0.124. The first kappa shape index (κ1) is 15.9. The fraction of sp³-hybridized carbons (Fsp3) is 0.611. The van der Waals surface area contributed by atoms with E-state index in [0.29, 0.717) is 0 Å². The highest BCUT2D eigenvalue weighted by Gasteiger charge is 2.36. The van der Waals surface area contributed by atoms with Gasteiger partial charge in [0.2, 0.25) is 5.91 Å². The maximum Gasteiger partial charge on any atom is 0.230 e. The molecule has 1 amide bonds. The van der Waals surface area contributed by atoms with E-state index in [1.807, 2.05) is 25.1 Å². The monoisotopic (exact) mass is 289 g/mol. The molecule has 3 heteroatoms. The molecule has 1 aromatic carbocycles. The van der Waals surface area contributed by atoms with Crippen LogP contribution in [0.15, 0.2) is 18.2 Å². The molecule has 1 aliphatic rings. The number of nitrogens with one attached hydrogen (secondary N) is 1. The van der Waals surface area contributed by atoms with Crippen molar-refractivity contribution in [1.29, 1.82) is 0 Å². The van der Waals surface area contributed by atoms with Crippen LogP contribution in [0.4, 0.5) is 5.69 Å². The fourth-order valence-corrected chi connectivity index (χ4v) is 2.88. The molecule has 1 N–H and O–H groups in total. The third-order valence-corrected chi connectivity index (χ3v) is 4.44. The van der Waals surface area contributed by atoms with Gasteiger partial charge in [0.15, 0.2) is 0 Å². The number of benzene rings is 1. The van der Waals surface area contributed by atoms with Gasteiger partial charge in [-0.2, -0.15) is 0 Å². The first-order chi connectivity index (χ1) is 10.0. The molecule has 21 heavy (non-hydrogen) atoms. The van der Waals surface area contributed by atoms with E-state index in [1.54, 1.807) is 0 Å². The number of aryl methyl sites for hydroxylation is 1. The molecule has 0 unspecified atom stereocenters. The Morgan fingerprint density at radius 3 is 2.67 bits per heavy atom. The molecule has 1 aliphatic carbocycles. The Morgan fingerprint density at radius 1 is 1.33 bits per heavy atom. The van der Waals surface area contributed by atoms with E-state index < -0.39 is 0 Å². The molecule has 0 atom stereocenters. The van der Waals surface area contributed by atoms with Crippen molar-refractivity contribution in [2.75, 3.05) is 11.9 Å². The van der Waals surface area contributed by atoms with E-state index in [1.165, 1.54) is 0 Å². The van der Waals surface area contributed by atoms with Gasteiger partial charge in [0, 0.05) is 11.1 Å². The number of hydrogen-bond acceptors (Lipinski definition) is 2. The van der Waals surface area contributed by atoms with Gasteiger partial charge in [0.1, 0.15) is 5.75 Å². The van der Waals surface area contributed by atoms with Crippen molar-refractivity contribution in [3.05, 3.63) is 23.8 Å². The van der Waals surface area contributed by atoms with Crippen LogP contribution in [0.1, 0.15) is 57.9 Å². The van der Waals surface area contributed by atoms with Gasteiger partial charge < -0.3 is 10.1 Å². The van der Waals surface area contributed by atoms with Gasteiger partial charge in [-0.25, -0.2) is 0 Å². The molecule has 116 valence electrons. The lowest BCUT2D eigenvalue weighted by atomic mass is 9.88. The highest BCUT2D eigenvalue weighted by molar-refractivity contribution is 5.95. The average molecular weight is 289 g/mol. The third-order valence-electron chi connectivity index (χ3n) is 4.44. The molecule has 0 aromatic heterocycles. The fourth-order valence-electron chi connectivity index (χ4n) is 2.88. The summed E-state index contributed by atoms with van der Waals surface area (Å²) in [6, 6.07) is 5.89. The summed E-state index contributed by atoms with van der Waals surface area (Å²) in [6.07, 6.45) is 6.51. The van der Waals surface area contributed by atoms with E-state index in [4.69, 9.17) is 4.74 Å². The molecule has 0 aliphatic heterocycles. The van der Waals surface area contributed by atoms with Crippen LogP contribution in [0.25, 0.3) is 0 Å². The van der Waals surface area contributed by atoms with Crippen LogP contribution in [-0.2, 0) is 4.79 Å². The predicted octanol–water partition coefficient (Wildman–Crippen LogP) is 4.69. The number of rotatable bonds is 6. The molecule has 2 rings (SSSR count). The van der Waals surface area contributed by atoms with Crippen molar-refractivity contribution in [2.24, 2.45) is 5.41 Å². The van der Waals surface area contributed by atoms with Crippen molar-refractivity contribution in [3.8, 4) is 5.75 Å². The highest BCUT2D eigenvalue weighted by Crippen LogP contribution is 2.38. The summed E-state index contributed by atoms with van der Waals surface area (Å²) < 4.78 is 5.74. The Morgan fingerprint density at radius 2 is 2.05 bits per heavy atom. The Balaban J connectivity index is 1.98. The summed E-state index contributed by atoms with van der Waals surface area (Å²) in [5, 5.41) is 3.07. The van der Waals surface area contributed by atoms with Crippen LogP contribution >= 0.6 is 0 Å². The average Bonchev–Trinajstić information content (AvgIpc) is 2.90. The van der Waals surface area contributed by atoms with Gasteiger partial charge in [-0.1, -0.05) is 33.1 Å². The number of amides is 1. The maximum absolute atomic E-state index is 12.4. The zero-order chi connectivity index (χ0) is 15.3. The zero-order valence-electron chi connectivity index (χ0n) is 13.5. The van der Waals surface area contributed by atoms with Crippen LogP contribution in [0.3, 0.4) is 0 Å². The van der Waals surface area contributed by atoms with Crippen molar-refractivity contribution >= 4 is 11.6 Å². The minimum atomic E-state index is -0.190. The van der Waals surface area contributed by atoms with Gasteiger partial charge in [-0.05, 0) is 49.9 Å². The van der Waals surface area contributed by atoms with Crippen molar-refractivity contribution in [1.82, 2.24) is 0 Å². The summed E-state index contributed by atoms with van der Waals surface area (Å²) in [4.78, 5) is 12.4. The van der Waals surface area contributed by atoms with E-state index >= 15 is 0 Å². The van der Waals surface area contributed by atoms with E-state index in [0.717, 1.165) is 62.1 Å². The first-order valence-corrected chi connectivity index (χ1v) is 8.10. The van der Waals surface area contributed by atoms with Crippen molar-refractivity contribution < 1.29 is 9.53 Å². The maximum atomic E-state index is 12.4. The second kappa shape index (κ2) is 6.97. The topological polar surface area (TPSA) is 38.3 Å². The molecule has 0 saturated heterocycles. The molecule has 0 bridgehead atoms. The summed E-state index contributed by atoms with van der Waals surface area (Å²) >= 11 is 0. The summed E-state index contributed by atoms with van der Waals surface area (Å²) in [5.41, 5.74) is 1.75. The molecule has 0 spiro atoms. The van der Waals surface area contributed by atoms with E-state index in [2.05, 4.69) is 19.2 Å². The SMILES string of the molecule is CCCCOc1ccc(NC(=O)C2(C)CCCC2)cc1C. The quantitative estimate of drug-likeness (QED) is 0.771. The molecule has 0 heterocycles. The number of carbonyl (C=O) groups is 1. The number of unbranched alkanes of at least 4 members (excludes halogenated alkanes) is 1. The minimum absolute atomic E-state index is 0.152. The number of anilines is 1. The molecule has 3 nitrogen and oxygen atoms in total. The molecular weight excluding hydrogens is 262 g/mol. The minimum Gasteiger partial charge on any atom is -0.493 e. The summed E-state index contributed by atoms with van der Waals surface area (Å²) in [6.45, 7) is 7.00. The molecule has 0 radical (unpaired) electrons. The molecule has 1 fully saturated rings. The highest BCUT2D eigenvalue weighted by atomic mass is 16.5. The van der Waals surface area contributed by atoms with Gasteiger partial charge in [-0.15, -0.1) is 0 Å². The first-order valence-electron chi connectivity index (χ1n) is 8.10. The van der Waals surface area contributed by atoms with Gasteiger partial charge in [-0.3, -0.25) is 4.79 Å². The number of carbonyl (C=O) groups excluding carboxylic acids is 1. The third kappa shape index (κ3) is 3.99. The van der Waals surface area contributed by atoms with Crippen LogP contribution in [0.5, 0.6) is 5.75 Å². The Kier molecular flexibility index (Phi) is 5.27. The smallest absolute Gasteiger partial charge is 0.230 e. The van der Waals surface area contributed by atoms with Gasteiger partial charge in [0.05, 0.1) is 6.61 Å². The van der Waals surface area contributed by atoms with E-state index in [-0.39, 0.29) is 11.3 Å². The second-order valence-corrected chi connectivity index (χ2v) is 6.40. The molecule has 1 aromatic rings. The Hall–Kier alpha value is -1.51. The largest absolute Gasteiger partial charge is 0.493 e. The van der Waals surface area contributed by atoms with Gasteiger partial charge >= 0.3 is 0 Å². The predicted molar refractivity (Wildman–Crippen MR) is 86.8 cm³/mol. The lowest BCUT2D eigenvalue weighted by Gasteiger charge is -2.22. The van der Waals surface area contributed by atoms with Crippen molar-refractivity contribution in [3.63, 3.8) is 0 Å². The van der Waals surface area contributed by atoms with Gasteiger partial charge in [0.25, 0.3) is 0 Å². The standard InChI is InChI=1S/C18H27NO2/c1-4-5-12-21-16-9-8-15(13-14(16)2)19-17(20)18(3)10-6-7-11-18/h8-9,13H,4-7,10-12H2,1-3H3,(H,19,20). The summed E-state index contributed by atoms with van der Waals surface area (Å²) in [5.74, 6) is 1.06. The second-order valence-electron chi connectivity index (χ2n) is 6.40. The number of ether oxygens (including phenoxy) is 1.